The number of carbonyl (C=O) groups excluding carboxylic acids is 1. The lowest BCUT2D eigenvalue weighted by atomic mass is 9.72. The molecule has 0 bridgehead atoms. The first-order valence-corrected chi connectivity index (χ1v) is 6.60. The Morgan fingerprint density at radius 1 is 1.06 bits per heavy atom. The van der Waals surface area contributed by atoms with E-state index in [0.29, 0.717) is 5.41 Å². The van der Waals surface area contributed by atoms with Gasteiger partial charge in [-0.3, -0.25) is 4.79 Å². The third-order valence-electron chi connectivity index (χ3n) is 3.70. The van der Waals surface area contributed by atoms with Crippen LogP contribution in [0, 0.1) is 11.3 Å². The van der Waals surface area contributed by atoms with Gasteiger partial charge in [-0.15, -0.1) is 0 Å². The van der Waals surface area contributed by atoms with Crippen molar-refractivity contribution < 1.29 is 9.53 Å². The van der Waals surface area contributed by atoms with Gasteiger partial charge in [-0.2, -0.15) is 0 Å². The minimum Gasteiger partial charge on any atom is -0.461 e. The first kappa shape index (κ1) is 14.5. The van der Waals surface area contributed by atoms with E-state index in [2.05, 4.69) is 20.8 Å². The number of rotatable bonds is 2. The highest BCUT2D eigenvalue weighted by atomic mass is 16.5. The molecule has 0 aromatic carbocycles. The minimum absolute atomic E-state index is 0.0731. The molecule has 1 saturated carbocycles. The van der Waals surface area contributed by atoms with Crippen LogP contribution in [0.1, 0.15) is 60.3 Å². The van der Waals surface area contributed by atoms with Crippen molar-refractivity contribution in [1.82, 2.24) is 0 Å². The van der Waals surface area contributed by atoms with Gasteiger partial charge in [0.05, 0.1) is 0 Å². The van der Waals surface area contributed by atoms with Gasteiger partial charge in [-0.1, -0.05) is 20.8 Å². The molecule has 3 heteroatoms. The normalized spacial score (nSPS) is 26.7. The predicted octanol–water partition coefficient (Wildman–Crippen LogP) is 2.87. The van der Waals surface area contributed by atoms with Crippen molar-refractivity contribution in [2.24, 2.45) is 17.1 Å². The zero-order chi connectivity index (χ0) is 13.3. The fourth-order valence-corrected chi connectivity index (χ4v) is 2.35. The number of ether oxygens (including phenoxy) is 1. The van der Waals surface area contributed by atoms with Crippen LogP contribution in [0.2, 0.25) is 0 Å². The van der Waals surface area contributed by atoms with Crippen molar-refractivity contribution in [2.75, 3.05) is 0 Å². The molecule has 1 fully saturated rings. The molecule has 2 N–H and O–H groups in total. The molecule has 0 aliphatic heterocycles. The number of hydrogen-bond acceptors (Lipinski definition) is 3. The molecule has 0 aromatic heterocycles. The summed E-state index contributed by atoms with van der Waals surface area (Å²) in [4.78, 5) is 11.7. The molecule has 1 aliphatic rings. The quantitative estimate of drug-likeness (QED) is 0.756. The van der Waals surface area contributed by atoms with Crippen LogP contribution in [-0.2, 0) is 9.53 Å². The number of esters is 1. The van der Waals surface area contributed by atoms with Crippen molar-refractivity contribution in [2.45, 2.75) is 71.9 Å². The van der Waals surface area contributed by atoms with Crippen molar-refractivity contribution in [3.63, 3.8) is 0 Å². The monoisotopic (exact) mass is 241 g/mol. The lowest BCUT2D eigenvalue weighted by Gasteiger charge is -2.37. The van der Waals surface area contributed by atoms with Crippen LogP contribution in [0.15, 0.2) is 0 Å². The Balaban J connectivity index is 2.41. The third-order valence-corrected chi connectivity index (χ3v) is 3.70. The number of carbonyl (C=O) groups is 1. The maximum atomic E-state index is 11.7. The molecule has 0 saturated heterocycles. The lowest BCUT2D eigenvalue weighted by molar-refractivity contribution is -0.156. The summed E-state index contributed by atoms with van der Waals surface area (Å²) >= 11 is 0. The van der Waals surface area contributed by atoms with Gasteiger partial charge in [0, 0.05) is 0 Å². The molecule has 0 aromatic rings. The molecule has 100 valence electrons. The van der Waals surface area contributed by atoms with Crippen LogP contribution in [0.4, 0.5) is 0 Å². The fourth-order valence-electron chi connectivity index (χ4n) is 2.35. The standard InChI is InChI=1S/C14H27NO2/c1-13(2,3)10-6-8-11(9-7-10)17-12(16)14(4,5)15/h10-11H,6-9,15H2,1-5H3. The summed E-state index contributed by atoms with van der Waals surface area (Å²) in [6.07, 6.45) is 4.32. The Kier molecular flexibility index (Phi) is 4.23. The summed E-state index contributed by atoms with van der Waals surface area (Å²) in [5, 5.41) is 0. The molecule has 0 heterocycles. The molecule has 1 aliphatic carbocycles. The highest BCUT2D eigenvalue weighted by Crippen LogP contribution is 2.38. The second-order valence-electron chi connectivity index (χ2n) is 6.97. The van der Waals surface area contributed by atoms with E-state index in [-0.39, 0.29) is 12.1 Å². The maximum Gasteiger partial charge on any atom is 0.325 e. The van der Waals surface area contributed by atoms with Crippen molar-refractivity contribution in [1.29, 1.82) is 0 Å². The minimum atomic E-state index is -0.874. The van der Waals surface area contributed by atoms with Gasteiger partial charge in [0.15, 0.2) is 0 Å². The third kappa shape index (κ3) is 4.30. The van der Waals surface area contributed by atoms with Crippen LogP contribution in [-0.4, -0.2) is 17.6 Å². The Morgan fingerprint density at radius 3 is 1.88 bits per heavy atom. The summed E-state index contributed by atoms with van der Waals surface area (Å²) in [5.74, 6) is 0.458. The molecule has 0 amide bonds. The number of nitrogens with two attached hydrogens (primary N) is 1. The van der Waals surface area contributed by atoms with Gasteiger partial charge in [0.2, 0.25) is 0 Å². The largest absolute Gasteiger partial charge is 0.461 e. The lowest BCUT2D eigenvalue weighted by Crippen LogP contribution is -2.45. The average Bonchev–Trinajstić information content (AvgIpc) is 2.15. The molecule has 3 nitrogen and oxygen atoms in total. The van der Waals surface area contributed by atoms with Gasteiger partial charge in [0.25, 0.3) is 0 Å². The highest BCUT2D eigenvalue weighted by Gasteiger charge is 2.33. The van der Waals surface area contributed by atoms with E-state index in [1.807, 2.05) is 0 Å². The summed E-state index contributed by atoms with van der Waals surface area (Å²) in [5.41, 5.74) is 5.21. The number of hydrogen-bond donors (Lipinski definition) is 1. The molecular formula is C14H27NO2. The molecule has 0 atom stereocenters. The van der Waals surface area contributed by atoms with Crippen molar-refractivity contribution >= 4 is 5.97 Å². The Morgan fingerprint density at radius 2 is 1.53 bits per heavy atom. The van der Waals surface area contributed by atoms with E-state index in [1.165, 1.54) is 0 Å². The smallest absolute Gasteiger partial charge is 0.325 e. The van der Waals surface area contributed by atoms with E-state index >= 15 is 0 Å². The first-order chi connectivity index (χ1) is 7.60. The van der Waals surface area contributed by atoms with Crippen molar-refractivity contribution in [3.8, 4) is 0 Å². The van der Waals surface area contributed by atoms with E-state index in [9.17, 15) is 4.79 Å². The Labute approximate surface area is 105 Å². The SMILES string of the molecule is CC(C)(N)C(=O)OC1CCC(C(C)(C)C)CC1. The zero-order valence-corrected chi connectivity index (χ0v) is 11.9. The second-order valence-corrected chi connectivity index (χ2v) is 6.97. The molecule has 1 rings (SSSR count). The summed E-state index contributed by atoms with van der Waals surface area (Å²) in [6.45, 7) is 10.2. The Bertz CT molecular complexity index is 265. The van der Waals surface area contributed by atoms with Crippen LogP contribution >= 0.6 is 0 Å². The Hall–Kier alpha value is -0.570. The average molecular weight is 241 g/mol. The molecule has 0 unspecified atom stereocenters. The van der Waals surface area contributed by atoms with Crippen LogP contribution < -0.4 is 5.73 Å². The second kappa shape index (κ2) is 4.97. The van der Waals surface area contributed by atoms with Crippen LogP contribution in [0.5, 0.6) is 0 Å². The van der Waals surface area contributed by atoms with E-state index in [0.717, 1.165) is 31.6 Å². The maximum absolute atomic E-state index is 11.7. The van der Waals surface area contributed by atoms with Crippen LogP contribution in [0.25, 0.3) is 0 Å². The topological polar surface area (TPSA) is 52.3 Å². The van der Waals surface area contributed by atoms with E-state index < -0.39 is 5.54 Å². The van der Waals surface area contributed by atoms with Crippen LogP contribution in [0.3, 0.4) is 0 Å². The van der Waals surface area contributed by atoms with Gasteiger partial charge < -0.3 is 10.5 Å². The zero-order valence-electron chi connectivity index (χ0n) is 11.9. The molecule has 17 heavy (non-hydrogen) atoms. The predicted molar refractivity (Wildman–Crippen MR) is 69.6 cm³/mol. The fraction of sp³-hybridized carbons (Fsp3) is 0.929. The molecular weight excluding hydrogens is 214 g/mol. The van der Waals surface area contributed by atoms with Gasteiger partial charge in [-0.05, 0) is 50.9 Å². The van der Waals surface area contributed by atoms with Gasteiger partial charge in [0.1, 0.15) is 11.6 Å². The summed E-state index contributed by atoms with van der Waals surface area (Å²) in [7, 11) is 0. The van der Waals surface area contributed by atoms with Gasteiger partial charge >= 0.3 is 5.97 Å². The summed E-state index contributed by atoms with van der Waals surface area (Å²) < 4.78 is 5.45. The van der Waals surface area contributed by atoms with E-state index in [1.54, 1.807) is 13.8 Å². The first-order valence-electron chi connectivity index (χ1n) is 6.60. The summed E-state index contributed by atoms with van der Waals surface area (Å²) in [6, 6.07) is 0. The molecule has 0 radical (unpaired) electrons. The highest BCUT2D eigenvalue weighted by molar-refractivity contribution is 5.79. The molecule has 0 spiro atoms. The van der Waals surface area contributed by atoms with E-state index in [4.69, 9.17) is 10.5 Å². The van der Waals surface area contributed by atoms with Gasteiger partial charge in [-0.25, -0.2) is 0 Å². The van der Waals surface area contributed by atoms with Crippen molar-refractivity contribution in [3.05, 3.63) is 0 Å².